The highest BCUT2D eigenvalue weighted by Crippen LogP contribution is 2.27. The maximum atomic E-state index is 5.85. The van der Waals surface area contributed by atoms with Gasteiger partial charge in [-0.3, -0.25) is 0 Å². The summed E-state index contributed by atoms with van der Waals surface area (Å²) in [5, 5.41) is 0. The van der Waals surface area contributed by atoms with Gasteiger partial charge in [0, 0.05) is 5.69 Å². The van der Waals surface area contributed by atoms with Gasteiger partial charge in [-0.15, -0.1) is 0 Å². The molecule has 16 heavy (non-hydrogen) atoms. The minimum Gasteiger partial charge on any atom is -0.322 e. The van der Waals surface area contributed by atoms with Crippen LogP contribution in [0, 0.1) is 6.92 Å². The molecule has 3 nitrogen and oxygen atoms in total. The molecule has 0 radical (unpaired) electrons. The Kier molecular flexibility index (Phi) is 4.03. The number of rotatable bonds is 3. The summed E-state index contributed by atoms with van der Waals surface area (Å²) in [6, 6.07) is -0.0996. The quantitative estimate of drug-likeness (QED) is 0.853. The number of aryl methyl sites for hydroxylation is 1. The van der Waals surface area contributed by atoms with E-state index in [9.17, 15) is 0 Å². The van der Waals surface area contributed by atoms with E-state index < -0.39 is 0 Å². The Labute approximate surface area is 98.5 Å². The van der Waals surface area contributed by atoms with Gasteiger partial charge in [-0.1, -0.05) is 27.7 Å². The molecule has 1 atom stereocenters. The molecule has 0 fully saturated rings. The van der Waals surface area contributed by atoms with Crippen LogP contribution in [0.1, 0.15) is 75.3 Å². The van der Waals surface area contributed by atoms with Crippen molar-refractivity contribution >= 4 is 0 Å². The van der Waals surface area contributed by atoms with Crippen molar-refractivity contribution in [3.8, 4) is 0 Å². The fourth-order valence-corrected chi connectivity index (χ4v) is 1.98. The third kappa shape index (κ3) is 2.59. The molecule has 1 aromatic heterocycles. The topological polar surface area (TPSA) is 51.8 Å². The maximum Gasteiger partial charge on any atom is 0.145 e. The first-order valence-corrected chi connectivity index (χ1v) is 5.98. The van der Waals surface area contributed by atoms with E-state index in [1.807, 2.05) is 6.92 Å². The monoisotopic (exact) mass is 221 g/mol. The molecule has 1 heterocycles. The van der Waals surface area contributed by atoms with E-state index in [1.165, 1.54) is 5.56 Å². The minimum absolute atomic E-state index is 0.0996. The molecule has 1 aromatic rings. The molecule has 0 saturated carbocycles. The van der Waals surface area contributed by atoms with Gasteiger partial charge in [-0.25, -0.2) is 9.97 Å². The van der Waals surface area contributed by atoms with Gasteiger partial charge in [-0.05, 0) is 31.2 Å². The van der Waals surface area contributed by atoms with Gasteiger partial charge >= 0.3 is 0 Å². The van der Waals surface area contributed by atoms with Gasteiger partial charge in [0.05, 0.1) is 11.7 Å². The van der Waals surface area contributed by atoms with Gasteiger partial charge in [0.15, 0.2) is 0 Å². The summed E-state index contributed by atoms with van der Waals surface area (Å²) in [5.74, 6) is 1.63. The number of nitrogens with zero attached hydrogens (tertiary/aromatic N) is 2. The lowest BCUT2D eigenvalue weighted by Gasteiger charge is -2.19. The highest BCUT2D eigenvalue weighted by atomic mass is 14.9. The first kappa shape index (κ1) is 13.1. The Balaban J connectivity index is 3.39. The van der Waals surface area contributed by atoms with Crippen molar-refractivity contribution in [1.82, 2.24) is 9.97 Å². The van der Waals surface area contributed by atoms with Crippen LogP contribution in [0.25, 0.3) is 0 Å². The molecular formula is C13H23N3. The molecular weight excluding hydrogens is 198 g/mol. The van der Waals surface area contributed by atoms with Crippen LogP contribution in [0.15, 0.2) is 0 Å². The van der Waals surface area contributed by atoms with Crippen molar-refractivity contribution in [2.75, 3.05) is 0 Å². The van der Waals surface area contributed by atoms with Crippen LogP contribution in [0.3, 0.4) is 0 Å². The van der Waals surface area contributed by atoms with E-state index >= 15 is 0 Å². The molecule has 0 bridgehead atoms. The Morgan fingerprint density at radius 1 is 0.938 bits per heavy atom. The predicted molar refractivity (Wildman–Crippen MR) is 67.5 cm³/mol. The summed E-state index contributed by atoms with van der Waals surface area (Å²) < 4.78 is 0. The van der Waals surface area contributed by atoms with Crippen molar-refractivity contribution in [3.05, 3.63) is 22.8 Å². The SMILES string of the molecule is Cc1nc([C@H](C)N)nc(C(C)C)c1C(C)C. The van der Waals surface area contributed by atoms with E-state index in [0.717, 1.165) is 17.2 Å². The molecule has 0 aromatic carbocycles. The number of aromatic nitrogens is 2. The third-order valence-electron chi connectivity index (χ3n) is 2.71. The largest absolute Gasteiger partial charge is 0.322 e. The second-order valence-electron chi connectivity index (χ2n) is 5.06. The molecule has 0 spiro atoms. The van der Waals surface area contributed by atoms with Crippen molar-refractivity contribution in [2.45, 2.75) is 59.4 Å². The van der Waals surface area contributed by atoms with Crippen LogP contribution in [0.5, 0.6) is 0 Å². The molecule has 0 unspecified atom stereocenters. The fraction of sp³-hybridized carbons (Fsp3) is 0.692. The Bertz CT molecular complexity index is 368. The predicted octanol–water partition coefficient (Wildman–Crippen LogP) is 3.05. The van der Waals surface area contributed by atoms with Gasteiger partial charge < -0.3 is 5.73 Å². The molecule has 3 heteroatoms. The smallest absolute Gasteiger partial charge is 0.145 e. The first-order chi connectivity index (χ1) is 7.34. The van der Waals surface area contributed by atoms with Crippen LogP contribution in [-0.4, -0.2) is 9.97 Å². The standard InChI is InChI=1S/C13H23N3/c1-7(2)11-10(6)15-13(9(5)14)16-12(11)8(3)4/h7-9H,14H2,1-6H3/t9-/m0/s1. The normalized spacial score (nSPS) is 13.6. The summed E-state index contributed by atoms with van der Waals surface area (Å²) in [6.07, 6.45) is 0. The maximum absolute atomic E-state index is 5.85. The van der Waals surface area contributed by atoms with Crippen molar-refractivity contribution in [1.29, 1.82) is 0 Å². The summed E-state index contributed by atoms with van der Waals surface area (Å²) in [5.41, 5.74) is 9.35. The lowest BCUT2D eigenvalue weighted by atomic mass is 9.94. The van der Waals surface area contributed by atoms with Gasteiger partial charge in [0.1, 0.15) is 5.82 Å². The molecule has 0 amide bonds. The van der Waals surface area contributed by atoms with E-state index in [0.29, 0.717) is 11.8 Å². The zero-order valence-corrected chi connectivity index (χ0v) is 11.2. The van der Waals surface area contributed by atoms with Crippen LogP contribution in [0.2, 0.25) is 0 Å². The Morgan fingerprint density at radius 3 is 1.88 bits per heavy atom. The van der Waals surface area contributed by atoms with Crippen LogP contribution >= 0.6 is 0 Å². The number of hydrogen-bond donors (Lipinski definition) is 1. The van der Waals surface area contributed by atoms with Crippen molar-refractivity contribution < 1.29 is 0 Å². The zero-order valence-electron chi connectivity index (χ0n) is 11.2. The lowest BCUT2D eigenvalue weighted by molar-refractivity contribution is 0.672. The van der Waals surface area contributed by atoms with E-state index in [1.54, 1.807) is 0 Å². The molecule has 0 aliphatic rings. The average molecular weight is 221 g/mol. The van der Waals surface area contributed by atoms with Crippen molar-refractivity contribution in [2.24, 2.45) is 5.73 Å². The van der Waals surface area contributed by atoms with Crippen LogP contribution in [-0.2, 0) is 0 Å². The Hall–Kier alpha value is -0.960. The van der Waals surface area contributed by atoms with E-state index in [-0.39, 0.29) is 6.04 Å². The molecule has 1 rings (SSSR count). The number of nitrogens with two attached hydrogens (primary N) is 1. The van der Waals surface area contributed by atoms with Gasteiger partial charge in [-0.2, -0.15) is 0 Å². The summed E-state index contributed by atoms with van der Waals surface area (Å²) in [6.45, 7) is 12.7. The lowest BCUT2D eigenvalue weighted by Crippen LogP contribution is -2.16. The Morgan fingerprint density at radius 2 is 1.50 bits per heavy atom. The average Bonchev–Trinajstić information content (AvgIpc) is 2.15. The minimum atomic E-state index is -0.0996. The third-order valence-corrected chi connectivity index (χ3v) is 2.71. The summed E-state index contributed by atoms with van der Waals surface area (Å²) in [4.78, 5) is 9.12. The highest BCUT2D eigenvalue weighted by molar-refractivity contribution is 5.30. The molecule has 0 saturated heterocycles. The van der Waals surface area contributed by atoms with E-state index in [4.69, 9.17) is 5.73 Å². The molecule has 2 N–H and O–H groups in total. The molecule has 0 aliphatic heterocycles. The first-order valence-electron chi connectivity index (χ1n) is 5.98. The highest BCUT2D eigenvalue weighted by Gasteiger charge is 2.17. The summed E-state index contributed by atoms with van der Waals surface area (Å²) >= 11 is 0. The second kappa shape index (κ2) is 4.91. The van der Waals surface area contributed by atoms with Gasteiger partial charge in [0.25, 0.3) is 0 Å². The molecule has 0 aliphatic carbocycles. The van der Waals surface area contributed by atoms with Gasteiger partial charge in [0.2, 0.25) is 0 Å². The number of hydrogen-bond acceptors (Lipinski definition) is 3. The summed E-state index contributed by atoms with van der Waals surface area (Å²) in [7, 11) is 0. The van der Waals surface area contributed by atoms with Crippen LogP contribution in [0.4, 0.5) is 0 Å². The zero-order chi connectivity index (χ0) is 12.5. The van der Waals surface area contributed by atoms with Crippen molar-refractivity contribution in [3.63, 3.8) is 0 Å². The fourth-order valence-electron chi connectivity index (χ4n) is 1.98. The molecule has 90 valence electrons. The van der Waals surface area contributed by atoms with E-state index in [2.05, 4.69) is 44.6 Å². The second-order valence-corrected chi connectivity index (χ2v) is 5.06. The van der Waals surface area contributed by atoms with Crippen LogP contribution < -0.4 is 5.73 Å².